The van der Waals surface area contributed by atoms with E-state index in [-0.39, 0.29) is 0 Å². The molecule has 19 heavy (non-hydrogen) atoms. The van der Waals surface area contributed by atoms with Crippen LogP contribution in [0.1, 0.15) is 33.9 Å². The Bertz CT molecular complexity index is 593. The Kier molecular flexibility index (Phi) is 3.86. The number of aryl methyl sites for hydroxylation is 2. The zero-order chi connectivity index (χ0) is 14.0. The summed E-state index contributed by atoms with van der Waals surface area (Å²) in [5.74, 6) is 0.746. The van der Waals surface area contributed by atoms with Gasteiger partial charge in [0.05, 0.1) is 7.11 Å². The highest BCUT2D eigenvalue weighted by Crippen LogP contribution is 2.34. The summed E-state index contributed by atoms with van der Waals surface area (Å²) in [5.41, 5.74) is 4.81. The van der Waals surface area contributed by atoms with Gasteiger partial charge in [0.1, 0.15) is 11.9 Å². The summed E-state index contributed by atoms with van der Waals surface area (Å²) >= 11 is 0. The zero-order valence-electron chi connectivity index (χ0n) is 11.8. The third-order valence-corrected chi connectivity index (χ3v) is 3.58. The Morgan fingerprint density at radius 2 is 1.79 bits per heavy atom. The minimum absolute atomic E-state index is 0.719. The standard InChI is InChI=1S/C16H19NO2/c1-10-5-6-13(16(19-4)12(10)3)15(18)14-9-17-8-7-11(14)2/h5-9,15,18H,1-4H3. The Morgan fingerprint density at radius 1 is 1.05 bits per heavy atom. The predicted molar refractivity (Wildman–Crippen MR) is 75.5 cm³/mol. The lowest BCUT2D eigenvalue weighted by atomic mass is 9.95. The van der Waals surface area contributed by atoms with E-state index in [4.69, 9.17) is 4.74 Å². The number of nitrogens with zero attached hydrogens (tertiary/aromatic N) is 1. The molecule has 2 rings (SSSR count). The normalized spacial score (nSPS) is 12.3. The summed E-state index contributed by atoms with van der Waals surface area (Å²) in [6, 6.07) is 5.81. The molecule has 1 N–H and O–H groups in total. The molecule has 0 bridgehead atoms. The molecule has 1 aromatic carbocycles. The minimum Gasteiger partial charge on any atom is -0.496 e. The largest absolute Gasteiger partial charge is 0.496 e. The summed E-state index contributed by atoms with van der Waals surface area (Å²) in [4.78, 5) is 4.09. The van der Waals surface area contributed by atoms with Crippen LogP contribution in [0.5, 0.6) is 5.75 Å². The van der Waals surface area contributed by atoms with Gasteiger partial charge in [0.15, 0.2) is 0 Å². The number of ether oxygens (including phenoxy) is 1. The Labute approximate surface area is 113 Å². The number of hydrogen-bond acceptors (Lipinski definition) is 3. The SMILES string of the molecule is COc1c(C(O)c2cnccc2C)ccc(C)c1C. The fraction of sp³-hybridized carbons (Fsp3) is 0.312. The highest BCUT2D eigenvalue weighted by molar-refractivity contribution is 5.49. The number of rotatable bonds is 3. The van der Waals surface area contributed by atoms with Crippen LogP contribution in [0.2, 0.25) is 0 Å². The van der Waals surface area contributed by atoms with E-state index >= 15 is 0 Å². The van der Waals surface area contributed by atoms with E-state index < -0.39 is 6.10 Å². The fourth-order valence-corrected chi connectivity index (χ4v) is 2.23. The molecule has 0 aliphatic heterocycles. The molecule has 2 aromatic rings. The van der Waals surface area contributed by atoms with Crippen molar-refractivity contribution in [2.24, 2.45) is 0 Å². The van der Waals surface area contributed by atoms with Crippen molar-refractivity contribution in [1.29, 1.82) is 0 Å². The summed E-state index contributed by atoms with van der Waals surface area (Å²) in [5, 5.41) is 10.6. The average Bonchev–Trinajstić information content (AvgIpc) is 2.41. The lowest BCUT2D eigenvalue weighted by molar-refractivity contribution is 0.213. The third-order valence-electron chi connectivity index (χ3n) is 3.58. The lowest BCUT2D eigenvalue weighted by Gasteiger charge is -2.19. The van der Waals surface area contributed by atoms with E-state index in [0.29, 0.717) is 0 Å². The molecule has 100 valence electrons. The van der Waals surface area contributed by atoms with Crippen LogP contribution in [-0.2, 0) is 0 Å². The van der Waals surface area contributed by atoms with Gasteiger partial charge in [-0.25, -0.2) is 0 Å². The van der Waals surface area contributed by atoms with Crippen molar-refractivity contribution >= 4 is 0 Å². The number of methoxy groups -OCH3 is 1. The van der Waals surface area contributed by atoms with Crippen molar-refractivity contribution in [3.63, 3.8) is 0 Å². The van der Waals surface area contributed by atoms with Gasteiger partial charge >= 0.3 is 0 Å². The Balaban J connectivity index is 2.53. The Hall–Kier alpha value is -1.87. The molecule has 1 aromatic heterocycles. The molecular formula is C16H19NO2. The topological polar surface area (TPSA) is 42.4 Å². The molecule has 3 nitrogen and oxygen atoms in total. The van der Waals surface area contributed by atoms with E-state index in [1.807, 2.05) is 39.0 Å². The number of aliphatic hydroxyl groups excluding tert-OH is 1. The second-order valence-corrected chi connectivity index (χ2v) is 4.76. The van der Waals surface area contributed by atoms with Gasteiger partial charge in [0, 0.05) is 23.5 Å². The highest BCUT2D eigenvalue weighted by Gasteiger charge is 2.19. The molecule has 0 saturated carbocycles. The summed E-state index contributed by atoms with van der Waals surface area (Å²) in [7, 11) is 1.63. The van der Waals surface area contributed by atoms with Crippen molar-refractivity contribution in [2.45, 2.75) is 26.9 Å². The molecule has 1 atom stereocenters. The van der Waals surface area contributed by atoms with Crippen molar-refractivity contribution in [1.82, 2.24) is 4.98 Å². The van der Waals surface area contributed by atoms with Crippen LogP contribution in [0.4, 0.5) is 0 Å². The first-order valence-corrected chi connectivity index (χ1v) is 6.29. The van der Waals surface area contributed by atoms with Crippen molar-refractivity contribution < 1.29 is 9.84 Å². The number of aromatic nitrogens is 1. The van der Waals surface area contributed by atoms with E-state index in [2.05, 4.69) is 4.98 Å². The maximum atomic E-state index is 10.6. The maximum absolute atomic E-state index is 10.6. The van der Waals surface area contributed by atoms with E-state index in [9.17, 15) is 5.11 Å². The molecule has 0 radical (unpaired) electrons. The van der Waals surface area contributed by atoms with Crippen molar-refractivity contribution in [3.8, 4) is 5.75 Å². The van der Waals surface area contributed by atoms with E-state index in [1.54, 1.807) is 19.5 Å². The van der Waals surface area contributed by atoms with Crippen LogP contribution in [0.15, 0.2) is 30.6 Å². The lowest BCUT2D eigenvalue weighted by Crippen LogP contribution is -2.06. The van der Waals surface area contributed by atoms with E-state index in [0.717, 1.165) is 33.6 Å². The molecule has 1 heterocycles. The van der Waals surface area contributed by atoms with Gasteiger partial charge in [-0.05, 0) is 43.5 Å². The van der Waals surface area contributed by atoms with Crippen LogP contribution in [-0.4, -0.2) is 17.2 Å². The van der Waals surface area contributed by atoms with Crippen LogP contribution in [0.25, 0.3) is 0 Å². The molecule has 0 amide bonds. The van der Waals surface area contributed by atoms with Crippen LogP contribution >= 0.6 is 0 Å². The minimum atomic E-state index is -0.719. The van der Waals surface area contributed by atoms with Gasteiger partial charge in [-0.1, -0.05) is 12.1 Å². The van der Waals surface area contributed by atoms with Gasteiger partial charge in [0.2, 0.25) is 0 Å². The predicted octanol–water partition coefficient (Wildman–Crippen LogP) is 3.10. The highest BCUT2D eigenvalue weighted by atomic mass is 16.5. The van der Waals surface area contributed by atoms with Gasteiger partial charge in [-0.3, -0.25) is 4.98 Å². The fourth-order valence-electron chi connectivity index (χ4n) is 2.23. The van der Waals surface area contributed by atoms with Gasteiger partial charge < -0.3 is 9.84 Å². The average molecular weight is 257 g/mol. The van der Waals surface area contributed by atoms with Gasteiger partial charge in [-0.15, -0.1) is 0 Å². The molecular weight excluding hydrogens is 238 g/mol. The molecule has 0 aliphatic rings. The van der Waals surface area contributed by atoms with Crippen molar-refractivity contribution in [2.75, 3.05) is 7.11 Å². The summed E-state index contributed by atoms with van der Waals surface area (Å²) in [6.07, 6.45) is 2.71. The monoisotopic (exact) mass is 257 g/mol. The van der Waals surface area contributed by atoms with Gasteiger partial charge in [0.25, 0.3) is 0 Å². The number of aliphatic hydroxyl groups is 1. The molecule has 0 spiro atoms. The van der Waals surface area contributed by atoms with E-state index in [1.165, 1.54) is 0 Å². The molecule has 0 aliphatic carbocycles. The van der Waals surface area contributed by atoms with Crippen LogP contribution < -0.4 is 4.74 Å². The van der Waals surface area contributed by atoms with Gasteiger partial charge in [-0.2, -0.15) is 0 Å². The smallest absolute Gasteiger partial charge is 0.128 e. The first kappa shape index (κ1) is 13.6. The number of benzene rings is 1. The second kappa shape index (κ2) is 5.41. The molecule has 0 saturated heterocycles. The number of pyridine rings is 1. The second-order valence-electron chi connectivity index (χ2n) is 4.76. The quantitative estimate of drug-likeness (QED) is 0.918. The van der Waals surface area contributed by atoms with Crippen LogP contribution in [0.3, 0.4) is 0 Å². The number of hydrogen-bond donors (Lipinski definition) is 1. The summed E-state index contributed by atoms with van der Waals surface area (Å²) in [6.45, 7) is 6.00. The first-order chi connectivity index (χ1) is 9.06. The third kappa shape index (κ3) is 2.47. The Morgan fingerprint density at radius 3 is 2.42 bits per heavy atom. The maximum Gasteiger partial charge on any atom is 0.128 e. The van der Waals surface area contributed by atoms with Crippen LogP contribution in [0, 0.1) is 20.8 Å². The van der Waals surface area contributed by atoms with Crippen molar-refractivity contribution in [3.05, 3.63) is 58.4 Å². The molecule has 3 heteroatoms. The first-order valence-electron chi connectivity index (χ1n) is 6.29. The zero-order valence-corrected chi connectivity index (χ0v) is 11.8. The molecule has 1 unspecified atom stereocenters. The molecule has 0 fully saturated rings. The summed E-state index contributed by atoms with van der Waals surface area (Å²) < 4.78 is 5.46.